The fourth-order valence-electron chi connectivity index (χ4n) is 4.21. The molecule has 1 aliphatic heterocycles. The van der Waals surface area contributed by atoms with Crippen LogP contribution < -0.4 is 4.74 Å². The number of likely N-dealkylation sites (tertiary alicyclic amines) is 1. The molecule has 1 aliphatic carbocycles. The molecule has 4 rings (SSSR count). The lowest BCUT2D eigenvalue weighted by molar-refractivity contribution is 0.0628. The number of hydrogen-bond donors (Lipinski definition) is 2. The van der Waals surface area contributed by atoms with Gasteiger partial charge in [-0.25, -0.2) is 4.98 Å². The Bertz CT molecular complexity index is 719. The average molecular weight is 355 g/mol. The van der Waals surface area contributed by atoms with Crippen LogP contribution >= 0.6 is 0 Å². The van der Waals surface area contributed by atoms with Crippen LogP contribution in [0.3, 0.4) is 0 Å². The smallest absolute Gasteiger partial charge is 0.124 e. The van der Waals surface area contributed by atoms with Crippen LogP contribution in [0, 0.1) is 6.92 Å². The molecule has 1 fully saturated rings. The van der Waals surface area contributed by atoms with E-state index in [1.54, 1.807) is 0 Å². The number of β-amino-alcohol motifs (C(OH)–C–C–N with tert-alkyl or cyclic N) is 1. The molecule has 2 heterocycles. The molecule has 0 saturated carbocycles. The largest absolute Gasteiger partial charge is 0.491 e. The Balaban J connectivity index is 1.35. The Labute approximate surface area is 155 Å². The molecule has 1 aromatic carbocycles. The first-order valence-electron chi connectivity index (χ1n) is 9.88. The number of benzene rings is 1. The van der Waals surface area contributed by atoms with Crippen LogP contribution in [-0.2, 0) is 12.8 Å². The van der Waals surface area contributed by atoms with E-state index >= 15 is 0 Å². The van der Waals surface area contributed by atoms with Crippen molar-refractivity contribution in [1.82, 2.24) is 14.9 Å². The minimum atomic E-state index is -0.499. The number of aryl methyl sites for hydroxylation is 3. The maximum atomic E-state index is 10.5. The molecule has 2 aromatic rings. The van der Waals surface area contributed by atoms with Gasteiger partial charge in [0.05, 0.1) is 11.7 Å². The van der Waals surface area contributed by atoms with E-state index in [-0.39, 0.29) is 0 Å². The first-order valence-corrected chi connectivity index (χ1v) is 9.88. The van der Waals surface area contributed by atoms with Crippen molar-refractivity contribution in [3.63, 3.8) is 0 Å². The number of imidazole rings is 1. The lowest BCUT2D eigenvalue weighted by atomic mass is 10.0. The minimum Gasteiger partial charge on any atom is -0.491 e. The predicted molar refractivity (Wildman–Crippen MR) is 101 cm³/mol. The summed E-state index contributed by atoms with van der Waals surface area (Å²) in [5.41, 5.74) is 3.77. The highest BCUT2D eigenvalue weighted by Crippen LogP contribution is 2.32. The number of aromatic amines is 1. The number of nitrogens with one attached hydrogen (secondary N) is 1. The number of nitrogens with zero attached hydrogens (tertiary/aromatic N) is 2. The summed E-state index contributed by atoms with van der Waals surface area (Å²) in [5.74, 6) is 1.92. The van der Waals surface area contributed by atoms with E-state index < -0.39 is 6.10 Å². The van der Waals surface area contributed by atoms with E-state index in [4.69, 9.17) is 9.72 Å². The molecular weight excluding hydrogens is 326 g/mol. The Morgan fingerprint density at radius 1 is 1.31 bits per heavy atom. The van der Waals surface area contributed by atoms with E-state index in [9.17, 15) is 5.11 Å². The lowest BCUT2D eigenvalue weighted by Crippen LogP contribution is -2.35. The number of aromatic nitrogens is 2. The maximum absolute atomic E-state index is 10.5. The summed E-state index contributed by atoms with van der Waals surface area (Å²) in [4.78, 5) is 10.8. The fraction of sp³-hybridized carbons (Fsp3) is 0.571. The van der Waals surface area contributed by atoms with Gasteiger partial charge < -0.3 is 14.8 Å². The molecule has 0 spiro atoms. The van der Waals surface area contributed by atoms with E-state index in [0.717, 1.165) is 43.8 Å². The zero-order chi connectivity index (χ0) is 17.9. The van der Waals surface area contributed by atoms with E-state index in [0.29, 0.717) is 19.2 Å². The van der Waals surface area contributed by atoms with Gasteiger partial charge >= 0.3 is 0 Å². The first-order chi connectivity index (χ1) is 12.7. The number of aliphatic hydroxyl groups is 1. The van der Waals surface area contributed by atoms with Crippen molar-refractivity contribution >= 4 is 0 Å². The molecule has 1 aromatic heterocycles. The summed E-state index contributed by atoms with van der Waals surface area (Å²) >= 11 is 0. The Kier molecular flexibility index (Phi) is 5.27. The molecule has 0 unspecified atom stereocenters. The van der Waals surface area contributed by atoms with Crippen molar-refractivity contribution in [3.8, 4) is 5.75 Å². The summed E-state index contributed by atoms with van der Waals surface area (Å²) in [7, 11) is 0. The van der Waals surface area contributed by atoms with Gasteiger partial charge in [0.2, 0.25) is 0 Å². The molecule has 2 N–H and O–H groups in total. The number of aliphatic hydroxyl groups excluding tert-OH is 1. The fourth-order valence-corrected chi connectivity index (χ4v) is 4.21. The molecule has 140 valence electrons. The molecule has 0 bridgehead atoms. The van der Waals surface area contributed by atoms with Gasteiger partial charge in [-0.1, -0.05) is 12.1 Å². The Morgan fingerprint density at radius 2 is 2.19 bits per heavy atom. The van der Waals surface area contributed by atoms with E-state index in [2.05, 4.69) is 9.88 Å². The highest BCUT2D eigenvalue weighted by molar-refractivity contribution is 5.27. The van der Waals surface area contributed by atoms with Gasteiger partial charge in [-0.3, -0.25) is 4.90 Å². The van der Waals surface area contributed by atoms with Gasteiger partial charge in [-0.15, -0.1) is 0 Å². The summed E-state index contributed by atoms with van der Waals surface area (Å²) in [6, 6.07) is 8.26. The topological polar surface area (TPSA) is 61.4 Å². The number of fused-ring (bicyclic) bond motifs is 1. The van der Waals surface area contributed by atoms with E-state index in [1.807, 2.05) is 31.2 Å². The van der Waals surface area contributed by atoms with Crippen LogP contribution in [0.5, 0.6) is 5.75 Å². The average Bonchev–Trinajstić information content (AvgIpc) is 3.26. The first kappa shape index (κ1) is 17.6. The third-order valence-electron chi connectivity index (χ3n) is 5.53. The normalized spacial score (nSPS) is 21.5. The maximum Gasteiger partial charge on any atom is 0.124 e. The lowest BCUT2D eigenvalue weighted by Gasteiger charge is -2.25. The predicted octanol–water partition coefficient (Wildman–Crippen LogP) is 3.17. The molecule has 0 radical (unpaired) electrons. The highest BCUT2D eigenvalue weighted by Gasteiger charge is 2.31. The van der Waals surface area contributed by atoms with Gasteiger partial charge in [0.25, 0.3) is 0 Å². The Morgan fingerprint density at radius 3 is 3.04 bits per heavy atom. The SMILES string of the molecule is Cc1cccc(OC[C@H](O)CN2CCC[C@@H]2c2nc3c([nH]2)CCCC3)c1. The van der Waals surface area contributed by atoms with Gasteiger partial charge in [0.15, 0.2) is 0 Å². The molecular formula is C21H29N3O2. The van der Waals surface area contributed by atoms with Crippen molar-refractivity contribution in [2.45, 2.75) is 57.6 Å². The zero-order valence-corrected chi connectivity index (χ0v) is 15.6. The quantitative estimate of drug-likeness (QED) is 0.835. The van der Waals surface area contributed by atoms with Crippen LogP contribution in [0.25, 0.3) is 0 Å². The number of ether oxygens (including phenoxy) is 1. The van der Waals surface area contributed by atoms with Gasteiger partial charge in [-0.2, -0.15) is 0 Å². The second-order valence-electron chi connectivity index (χ2n) is 7.69. The second kappa shape index (κ2) is 7.80. The van der Waals surface area contributed by atoms with Crippen molar-refractivity contribution in [2.24, 2.45) is 0 Å². The van der Waals surface area contributed by atoms with Crippen molar-refractivity contribution < 1.29 is 9.84 Å². The zero-order valence-electron chi connectivity index (χ0n) is 15.6. The third-order valence-corrected chi connectivity index (χ3v) is 5.53. The van der Waals surface area contributed by atoms with Crippen LogP contribution in [0.1, 0.15) is 54.5 Å². The Hall–Kier alpha value is -1.85. The van der Waals surface area contributed by atoms with Crippen LogP contribution in [0.4, 0.5) is 0 Å². The molecule has 26 heavy (non-hydrogen) atoms. The highest BCUT2D eigenvalue weighted by atomic mass is 16.5. The minimum absolute atomic E-state index is 0.300. The number of hydrogen-bond acceptors (Lipinski definition) is 4. The third kappa shape index (κ3) is 3.94. The van der Waals surface area contributed by atoms with Crippen molar-refractivity contribution in [3.05, 3.63) is 47.0 Å². The molecule has 2 atom stereocenters. The molecule has 5 nitrogen and oxygen atoms in total. The number of rotatable bonds is 6. The summed E-state index contributed by atoms with van der Waals surface area (Å²) in [5, 5.41) is 10.5. The summed E-state index contributed by atoms with van der Waals surface area (Å²) in [6.45, 7) is 4.00. The van der Waals surface area contributed by atoms with Gasteiger partial charge in [-0.05, 0) is 69.7 Å². The van der Waals surface area contributed by atoms with Crippen LogP contribution in [0.15, 0.2) is 24.3 Å². The van der Waals surface area contributed by atoms with Crippen molar-refractivity contribution in [1.29, 1.82) is 0 Å². The van der Waals surface area contributed by atoms with Crippen LogP contribution in [-0.4, -0.2) is 45.8 Å². The van der Waals surface area contributed by atoms with E-state index in [1.165, 1.54) is 29.8 Å². The monoisotopic (exact) mass is 355 g/mol. The summed E-state index contributed by atoms with van der Waals surface area (Å²) in [6.07, 6.45) is 6.51. The standard InChI is InChI=1S/C21H29N3O2/c1-15-6-4-7-17(12-15)26-14-16(25)13-24-11-5-10-20(24)21-22-18-8-2-3-9-19(18)23-21/h4,6-7,12,16,20,25H,2-3,5,8-11,13-14H2,1H3,(H,22,23)/t16-,20-/m1/s1. The molecule has 1 saturated heterocycles. The summed E-state index contributed by atoms with van der Waals surface area (Å²) < 4.78 is 5.77. The number of H-pyrrole nitrogens is 1. The molecule has 0 amide bonds. The van der Waals surface area contributed by atoms with Crippen LogP contribution in [0.2, 0.25) is 0 Å². The molecule has 2 aliphatic rings. The molecule has 5 heteroatoms. The van der Waals surface area contributed by atoms with Crippen molar-refractivity contribution in [2.75, 3.05) is 19.7 Å². The van der Waals surface area contributed by atoms with Gasteiger partial charge in [0.1, 0.15) is 24.3 Å². The second-order valence-corrected chi connectivity index (χ2v) is 7.69. The van der Waals surface area contributed by atoms with Gasteiger partial charge in [0, 0.05) is 12.2 Å².